The minimum Gasteiger partial charge on any atom is -0.384 e. The highest BCUT2D eigenvalue weighted by Crippen LogP contribution is 2.54. The van der Waals surface area contributed by atoms with Gasteiger partial charge in [0, 0.05) is 4.88 Å². The van der Waals surface area contributed by atoms with Gasteiger partial charge in [0.25, 0.3) is 0 Å². The van der Waals surface area contributed by atoms with E-state index in [2.05, 4.69) is 6.92 Å². The van der Waals surface area contributed by atoms with Crippen LogP contribution < -0.4 is 0 Å². The maximum absolute atomic E-state index is 9.96. The van der Waals surface area contributed by atoms with Crippen molar-refractivity contribution in [3.8, 4) is 0 Å². The van der Waals surface area contributed by atoms with E-state index in [1.165, 1.54) is 0 Å². The van der Waals surface area contributed by atoms with Gasteiger partial charge in [0.05, 0.1) is 0 Å². The predicted octanol–water partition coefficient (Wildman–Crippen LogP) is 2.37. The summed E-state index contributed by atoms with van der Waals surface area (Å²) < 4.78 is 0. The van der Waals surface area contributed by atoms with Crippen molar-refractivity contribution in [1.82, 2.24) is 0 Å². The van der Waals surface area contributed by atoms with Crippen LogP contribution in [0.4, 0.5) is 0 Å². The number of hydrogen-bond acceptors (Lipinski definition) is 2. The fourth-order valence-electron chi connectivity index (χ4n) is 1.63. The number of thiophene rings is 1. The Balaban J connectivity index is 2.19. The molecule has 0 bridgehead atoms. The second kappa shape index (κ2) is 2.32. The van der Waals surface area contributed by atoms with E-state index < -0.39 is 5.60 Å². The molecule has 1 nitrogen and oxygen atoms in total. The van der Waals surface area contributed by atoms with Gasteiger partial charge in [0.2, 0.25) is 0 Å². The van der Waals surface area contributed by atoms with Gasteiger partial charge in [0.15, 0.2) is 0 Å². The summed E-state index contributed by atoms with van der Waals surface area (Å²) in [5, 5.41) is 12.0. The molecule has 1 N–H and O–H groups in total. The number of hydrogen-bond donors (Lipinski definition) is 1. The fraction of sp³-hybridized carbons (Fsp3) is 0.556. The SMILES string of the molecule is CCC1CC1(O)c1cccs1. The lowest BCUT2D eigenvalue weighted by Gasteiger charge is -2.05. The zero-order valence-corrected chi connectivity index (χ0v) is 7.40. The van der Waals surface area contributed by atoms with Crippen LogP contribution in [0.3, 0.4) is 0 Å². The molecule has 0 amide bonds. The predicted molar refractivity (Wildman–Crippen MR) is 46.6 cm³/mol. The molecule has 0 aliphatic heterocycles. The van der Waals surface area contributed by atoms with Gasteiger partial charge in [0.1, 0.15) is 5.60 Å². The third-order valence-electron chi connectivity index (χ3n) is 2.51. The molecule has 11 heavy (non-hydrogen) atoms. The summed E-state index contributed by atoms with van der Waals surface area (Å²) in [6.07, 6.45) is 2.05. The monoisotopic (exact) mass is 168 g/mol. The summed E-state index contributed by atoms with van der Waals surface area (Å²) >= 11 is 1.66. The van der Waals surface area contributed by atoms with Gasteiger partial charge in [-0.1, -0.05) is 19.4 Å². The van der Waals surface area contributed by atoms with Crippen LogP contribution in [0, 0.1) is 5.92 Å². The first-order chi connectivity index (χ1) is 5.27. The van der Waals surface area contributed by atoms with Crippen LogP contribution in [0.1, 0.15) is 24.6 Å². The van der Waals surface area contributed by atoms with Crippen molar-refractivity contribution in [3.05, 3.63) is 22.4 Å². The number of rotatable bonds is 2. The Labute approximate surface area is 70.7 Å². The maximum atomic E-state index is 9.96. The van der Waals surface area contributed by atoms with Crippen molar-refractivity contribution >= 4 is 11.3 Å². The maximum Gasteiger partial charge on any atom is 0.102 e. The second-order valence-electron chi connectivity index (χ2n) is 3.21. The van der Waals surface area contributed by atoms with Crippen molar-refractivity contribution < 1.29 is 5.11 Å². The Bertz CT molecular complexity index is 242. The largest absolute Gasteiger partial charge is 0.384 e. The molecule has 1 aliphatic rings. The lowest BCUT2D eigenvalue weighted by Crippen LogP contribution is -2.05. The molecule has 0 saturated heterocycles. The highest BCUT2D eigenvalue weighted by molar-refractivity contribution is 7.10. The third kappa shape index (κ3) is 1.01. The Morgan fingerprint density at radius 1 is 1.82 bits per heavy atom. The summed E-state index contributed by atoms with van der Waals surface area (Å²) in [5.74, 6) is 0.515. The molecule has 0 spiro atoms. The fourth-order valence-corrected chi connectivity index (χ4v) is 2.54. The van der Waals surface area contributed by atoms with Crippen molar-refractivity contribution in [2.45, 2.75) is 25.4 Å². The molecular formula is C9H12OS. The van der Waals surface area contributed by atoms with E-state index in [-0.39, 0.29) is 0 Å². The minimum atomic E-state index is -0.442. The Kier molecular flexibility index (Phi) is 1.55. The third-order valence-corrected chi connectivity index (χ3v) is 3.55. The quantitative estimate of drug-likeness (QED) is 0.718. The Hall–Kier alpha value is -0.340. The molecule has 2 heteroatoms. The summed E-state index contributed by atoms with van der Waals surface area (Å²) in [4.78, 5) is 1.14. The normalized spacial score (nSPS) is 35.6. The lowest BCUT2D eigenvalue weighted by atomic mass is 10.2. The molecule has 0 aromatic carbocycles. The van der Waals surface area contributed by atoms with E-state index in [0.29, 0.717) is 5.92 Å². The molecule has 1 saturated carbocycles. The Morgan fingerprint density at radius 2 is 2.64 bits per heavy atom. The average molecular weight is 168 g/mol. The van der Waals surface area contributed by atoms with Crippen LogP contribution in [0.5, 0.6) is 0 Å². The van der Waals surface area contributed by atoms with Crippen LogP contribution in [0.15, 0.2) is 17.5 Å². The van der Waals surface area contributed by atoms with E-state index in [1.807, 2.05) is 17.5 Å². The van der Waals surface area contributed by atoms with E-state index in [0.717, 1.165) is 17.7 Å². The Morgan fingerprint density at radius 3 is 3.09 bits per heavy atom. The first-order valence-corrected chi connectivity index (χ1v) is 4.91. The van der Waals surface area contributed by atoms with Crippen molar-refractivity contribution in [2.24, 2.45) is 5.92 Å². The number of aliphatic hydroxyl groups is 1. The van der Waals surface area contributed by atoms with Gasteiger partial charge in [-0.2, -0.15) is 0 Å². The van der Waals surface area contributed by atoms with Gasteiger partial charge < -0.3 is 5.11 Å². The van der Waals surface area contributed by atoms with Crippen LogP contribution in [0.2, 0.25) is 0 Å². The highest BCUT2D eigenvalue weighted by atomic mass is 32.1. The van der Waals surface area contributed by atoms with E-state index >= 15 is 0 Å². The second-order valence-corrected chi connectivity index (χ2v) is 4.16. The van der Waals surface area contributed by atoms with Gasteiger partial charge >= 0.3 is 0 Å². The van der Waals surface area contributed by atoms with Crippen LogP contribution in [-0.2, 0) is 5.60 Å². The molecule has 0 radical (unpaired) electrons. The summed E-state index contributed by atoms with van der Waals surface area (Å²) in [6, 6.07) is 4.03. The molecule has 1 aromatic heterocycles. The molecule has 2 rings (SSSR count). The standard InChI is InChI=1S/C9H12OS/c1-2-7-6-9(7,10)8-4-3-5-11-8/h3-5,7,10H,2,6H2,1H3. The molecule has 1 aromatic rings. The topological polar surface area (TPSA) is 20.2 Å². The van der Waals surface area contributed by atoms with E-state index in [1.54, 1.807) is 11.3 Å². The van der Waals surface area contributed by atoms with Crippen LogP contribution >= 0.6 is 11.3 Å². The highest BCUT2D eigenvalue weighted by Gasteiger charge is 2.53. The molecule has 1 fully saturated rings. The van der Waals surface area contributed by atoms with Gasteiger partial charge in [-0.15, -0.1) is 11.3 Å². The zero-order valence-electron chi connectivity index (χ0n) is 6.58. The van der Waals surface area contributed by atoms with Gasteiger partial charge in [-0.05, 0) is 23.8 Å². The molecular weight excluding hydrogens is 156 g/mol. The first-order valence-electron chi connectivity index (χ1n) is 4.03. The van der Waals surface area contributed by atoms with Crippen molar-refractivity contribution in [2.75, 3.05) is 0 Å². The van der Waals surface area contributed by atoms with E-state index in [9.17, 15) is 5.11 Å². The summed E-state index contributed by atoms with van der Waals surface area (Å²) in [5.41, 5.74) is -0.442. The van der Waals surface area contributed by atoms with Crippen molar-refractivity contribution in [1.29, 1.82) is 0 Å². The molecule has 60 valence electrons. The average Bonchev–Trinajstić information content (AvgIpc) is 2.55. The molecule has 1 heterocycles. The van der Waals surface area contributed by atoms with Crippen LogP contribution in [-0.4, -0.2) is 5.11 Å². The lowest BCUT2D eigenvalue weighted by molar-refractivity contribution is 0.134. The summed E-state index contributed by atoms with van der Waals surface area (Å²) in [7, 11) is 0. The molecule has 2 atom stereocenters. The smallest absolute Gasteiger partial charge is 0.102 e. The van der Waals surface area contributed by atoms with Gasteiger partial charge in [-0.25, -0.2) is 0 Å². The first kappa shape index (κ1) is 7.32. The van der Waals surface area contributed by atoms with E-state index in [4.69, 9.17) is 0 Å². The zero-order chi connectivity index (χ0) is 7.90. The summed E-state index contributed by atoms with van der Waals surface area (Å²) in [6.45, 7) is 2.14. The van der Waals surface area contributed by atoms with Crippen molar-refractivity contribution in [3.63, 3.8) is 0 Å². The minimum absolute atomic E-state index is 0.442. The molecule has 1 aliphatic carbocycles. The van der Waals surface area contributed by atoms with Gasteiger partial charge in [-0.3, -0.25) is 0 Å². The van der Waals surface area contributed by atoms with Crippen LogP contribution in [0.25, 0.3) is 0 Å². The molecule has 2 unspecified atom stereocenters.